The average Bonchev–Trinajstić information content (AvgIpc) is 2.67. The molecule has 0 spiro atoms. The lowest BCUT2D eigenvalue weighted by Crippen LogP contribution is -2.27. The van der Waals surface area contributed by atoms with Crippen molar-refractivity contribution in [3.05, 3.63) is 59.1 Å². The number of amides is 1. The van der Waals surface area contributed by atoms with Gasteiger partial charge in [0, 0.05) is 26.8 Å². The number of benzene rings is 2. The van der Waals surface area contributed by atoms with Crippen molar-refractivity contribution in [1.29, 1.82) is 0 Å². The van der Waals surface area contributed by atoms with E-state index in [1.807, 2.05) is 6.92 Å². The molecule has 1 amide bonds. The molecule has 0 radical (unpaired) electrons. The Morgan fingerprint density at radius 1 is 1.19 bits per heavy atom. The van der Waals surface area contributed by atoms with Gasteiger partial charge in [-0.3, -0.25) is 9.10 Å². The molecule has 0 aliphatic heterocycles. The van der Waals surface area contributed by atoms with Crippen LogP contribution in [0, 0.1) is 0 Å². The van der Waals surface area contributed by atoms with Crippen LogP contribution >= 0.6 is 11.6 Å². The number of nitrogens with one attached hydrogen (secondary N) is 1. The summed E-state index contributed by atoms with van der Waals surface area (Å²) in [6.07, 6.45) is 0.702. The minimum Gasteiger partial charge on any atom is -0.382 e. The molecule has 0 bridgehead atoms. The summed E-state index contributed by atoms with van der Waals surface area (Å²) in [6.45, 7) is 3.60. The maximum atomic E-state index is 12.7. The van der Waals surface area contributed by atoms with Crippen molar-refractivity contribution in [3.63, 3.8) is 0 Å². The van der Waals surface area contributed by atoms with Crippen molar-refractivity contribution in [2.24, 2.45) is 0 Å². The molecule has 0 aliphatic rings. The number of nitrogens with zero attached hydrogens (tertiary/aromatic N) is 1. The molecule has 0 heterocycles. The summed E-state index contributed by atoms with van der Waals surface area (Å²) in [5, 5.41) is 2.95. The van der Waals surface area contributed by atoms with E-state index >= 15 is 0 Å². The Kier molecular flexibility index (Phi) is 7.65. The zero-order chi connectivity index (χ0) is 19.9. The summed E-state index contributed by atoms with van der Waals surface area (Å²) in [4.78, 5) is 12.4. The van der Waals surface area contributed by atoms with Gasteiger partial charge in [-0.1, -0.05) is 29.8 Å². The summed E-state index contributed by atoms with van der Waals surface area (Å²) >= 11 is 6.22. The van der Waals surface area contributed by atoms with Crippen LogP contribution in [-0.2, 0) is 14.8 Å². The largest absolute Gasteiger partial charge is 0.382 e. The van der Waals surface area contributed by atoms with Crippen LogP contribution in [0.1, 0.15) is 23.7 Å². The van der Waals surface area contributed by atoms with E-state index in [4.69, 9.17) is 16.3 Å². The predicted octanol–water partition coefficient (Wildman–Crippen LogP) is 3.32. The molecule has 2 aromatic carbocycles. The molecule has 2 rings (SSSR count). The predicted molar refractivity (Wildman–Crippen MR) is 107 cm³/mol. The molecule has 0 unspecified atom stereocenters. The van der Waals surface area contributed by atoms with Crippen LogP contribution in [0.25, 0.3) is 0 Å². The number of hydrogen-bond donors (Lipinski definition) is 1. The molecule has 27 heavy (non-hydrogen) atoms. The number of carbonyl (C=O) groups is 1. The van der Waals surface area contributed by atoms with Gasteiger partial charge in [-0.05, 0) is 43.7 Å². The van der Waals surface area contributed by atoms with E-state index in [-0.39, 0.29) is 15.8 Å². The zero-order valence-corrected chi connectivity index (χ0v) is 16.9. The van der Waals surface area contributed by atoms with Crippen molar-refractivity contribution < 1.29 is 17.9 Å². The zero-order valence-electron chi connectivity index (χ0n) is 15.3. The normalized spacial score (nSPS) is 11.2. The van der Waals surface area contributed by atoms with E-state index in [2.05, 4.69) is 5.32 Å². The second kappa shape index (κ2) is 9.73. The number of anilines is 1. The summed E-state index contributed by atoms with van der Waals surface area (Å²) in [7, 11) is -2.26. The first kappa shape index (κ1) is 21.2. The highest BCUT2D eigenvalue weighted by Crippen LogP contribution is 2.27. The fourth-order valence-electron chi connectivity index (χ4n) is 2.39. The van der Waals surface area contributed by atoms with E-state index in [1.54, 1.807) is 24.3 Å². The van der Waals surface area contributed by atoms with Crippen molar-refractivity contribution >= 4 is 33.2 Å². The quantitative estimate of drug-likeness (QED) is 0.643. The third-order valence-electron chi connectivity index (χ3n) is 3.92. The van der Waals surface area contributed by atoms with E-state index in [1.165, 1.54) is 31.3 Å². The molecule has 146 valence electrons. The van der Waals surface area contributed by atoms with Gasteiger partial charge in [0.2, 0.25) is 0 Å². The monoisotopic (exact) mass is 410 g/mol. The van der Waals surface area contributed by atoms with Crippen LogP contribution in [0.3, 0.4) is 0 Å². The first-order valence-corrected chi connectivity index (χ1v) is 10.4. The molecule has 0 aliphatic carbocycles. The van der Waals surface area contributed by atoms with Crippen LogP contribution in [0.15, 0.2) is 53.4 Å². The SMILES string of the molecule is CCOCCCNC(=O)c1ccc(N(C)S(=O)(=O)c2ccccc2)cc1Cl. The van der Waals surface area contributed by atoms with Crippen LogP contribution < -0.4 is 9.62 Å². The Morgan fingerprint density at radius 3 is 2.52 bits per heavy atom. The summed E-state index contributed by atoms with van der Waals surface area (Å²) in [6, 6.07) is 12.7. The maximum Gasteiger partial charge on any atom is 0.264 e. The lowest BCUT2D eigenvalue weighted by atomic mass is 10.2. The van der Waals surface area contributed by atoms with Crippen molar-refractivity contribution in [3.8, 4) is 0 Å². The first-order chi connectivity index (χ1) is 12.9. The van der Waals surface area contributed by atoms with Gasteiger partial charge < -0.3 is 10.1 Å². The number of carbonyl (C=O) groups excluding carboxylic acids is 1. The van der Waals surface area contributed by atoms with E-state index in [0.717, 1.165) is 4.31 Å². The Hall–Kier alpha value is -2.09. The summed E-state index contributed by atoms with van der Waals surface area (Å²) in [5.74, 6) is -0.309. The Balaban J connectivity index is 2.10. The highest BCUT2D eigenvalue weighted by Gasteiger charge is 2.22. The second-order valence-corrected chi connectivity index (χ2v) is 8.13. The smallest absolute Gasteiger partial charge is 0.264 e. The molecule has 0 saturated carbocycles. The molecule has 2 aromatic rings. The summed E-state index contributed by atoms with van der Waals surface area (Å²) in [5.41, 5.74) is 0.666. The van der Waals surface area contributed by atoms with Gasteiger partial charge in [0.05, 0.1) is 21.2 Å². The molecule has 6 nitrogen and oxygen atoms in total. The lowest BCUT2D eigenvalue weighted by molar-refractivity contribution is 0.0944. The third kappa shape index (κ3) is 5.45. The van der Waals surface area contributed by atoms with Crippen LogP contribution in [-0.4, -0.2) is 41.1 Å². The van der Waals surface area contributed by atoms with Gasteiger partial charge in [-0.25, -0.2) is 8.42 Å². The van der Waals surface area contributed by atoms with Crippen molar-refractivity contribution in [2.75, 3.05) is 31.1 Å². The van der Waals surface area contributed by atoms with Crippen LogP contribution in [0.4, 0.5) is 5.69 Å². The van der Waals surface area contributed by atoms with Gasteiger partial charge in [0.25, 0.3) is 15.9 Å². The summed E-state index contributed by atoms with van der Waals surface area (Å²) < 4.78 is 31.7. The number of sulfonamides is 1. The molecule has 0 saturated heterocycles. The highest BCUT2D eigenvalue weighted by molar-refractivity contribution is 7.92. The molecular formula is C19H23ClN2O4S. The van der Waals surface area contributed by atoms with Gasteiger partial charge in [-0.2, -0.15) is 0 Å². The van der Waals surface area contributed by atoms with Gasteiger partial charge in [-0.15, -0.1) is 0 Å². The van der Waals surface area contributed by atoms with E-state index < -0.39 is 10.0 Å². The van der Waals surface area contributed by atoms with Gasteiger partial charge in [0.15, 0.2) is 0 Å². The van der Waals surface area contributed by atoms with E-state index in [0.29, 0.717) is 37.4 Å². The van der Waals surface area contributed by atoms with Crippen molar-refractivity contribution in [1.82, 2.24) is 5.32 Å². The fraction of sp³-hybridized carbons (Fsp3) is 0.316. The number of ether oxygens (including phenoxy) is 1. The van der Waals surface area contributed by atoms with Crippen LogP contribution in [0.2, 0.25) is 5.02 Å². The first-order valence-electron chi connectivity index (χ1n) is 8.57. The number of hydrogen-bond acceptors (Lipinski definition) is 4. The molecule has 0 fully saturated rings. The minimum atomic E-state index is -3.70. The number of halogens is 1. The van der Waals surface area contributed by atoms with Gasteiger partial charge in [0.1, 0.15) is 0 Å². The highest BCUT2D eigenvalue weighted by atomic mass is 35.5. The Morgan fingerprint density at radius 2 is 1.89 bits per heavy atom. The molecule has 8 heteroatoms. The van der Waals surface area contributed by atoms with Gasteiger partial charge >= 0.3 is 0 Å². The average molecular weight is 411 g/mol. The van der Waals surface area contributed by atoms with Crippen molar-refractivity contribution in [2.45, 2.75) is 18.2 Å². The second-order valence-electron chi connectivity index (χ2n) is 5.76. The third-order valence-corrected chi connectivity index (χ3v) is 6.03. The van der Waals surface area contributed by atoms with E-state index in [9.17, 15) is 13.2 Å². The standard InChI is InChI=1S/C19H23ClN2O4S/c1-3-26-13-7-12-21-19(23)17-11-10-15(14-18(17)20)22(2)27(24,25)16-8-5-4-6-9-16/h4-6,8-11,14H,3,7,12-13H2,1-2H3,(H,21,23). The molecule has 0 aromatic heterocycles. The fourth-order valence-corrected chi connectivity index (χ4v) is 3.86. The molecular weight excluding hydrogens is 388 g/mol. The Labute approximate surface area is 165 Å². The molecule has 0 atom stereocenters. The Bertz CT molecular complexity index is 873. The maximum absolute atomic E-state index is 12.7. The number of rotatable bonds is 9. The lowest BCUT2D eigenvalue weighted by Gasteiger charge is -2.20. The topological polar surface area (TPSA) is 75.7 Å². The minimum absolute atomic E-state index is 0.180. The molecule has 1 N–H and O–H groups in total. The van der Waals surface area contributed by atoms with Crippen LogP contribution in [0.5, 0.6) is 0 Å².